The van der Waals surface area contributed by atoms with Crippen LogP contribution in [0.15, 0.2) is 45.7 Å². The molecule has 1 amide bonds. The summed E-state index contributed by atoms with van der Waals surface area (Å²) in [4.78, 5) is 24.5. The van der Waals surface area contributed by atoms with Crippen molar-refractivity contribution in [2.75, 3.05) is 5.32 Å². The maximum absolute atomic E-state index is 14.0. The second-order valence-electron chi connectivity index (χ2n) is 8.29. The van der Waals surface area contributed by atoms with E-state index in [0.717, 1.165) is 6.07 Å². The molecule has 2 aromatic carbocycles. The largest absolute Gasteiger partial charge is 0.426 e. The van der Waals surface area contributed by atoms with Crippen LogP contribution >= 0.6 is 11.6 Å². The quantitative estimate of drug-likeness (QED) is 0.501. The summed E-state index contributed by atoms with van der Waals surface area (Å²) < 4.78 is 60.4. The number of carbonyl (C=O) groups excluding carboxylic acids is 1. The van der Waals surface area contributed by atoms with Crippen molar-refractivity contribution in [3.05, 3.63) is 68.9 Å². The van der Waals surface area contributed by atoms with E-state index < -0.39 is 46.0 Å². The molecule has 0 radical (unpaired) electrons. The topological polar surface area (TPSA) is 92.4 Å². The Hall–Kier alpha value is -2.98. The fraction of sp³-hybridized carbons (Fsp3) is 0.318. The zero-order valence-electron chi connectivity index (χ0n) is 17.7. The molecule has 2 N–H and O–H groups in total. The van der Waals surface area contributed by atoms with Crippen LogP contribution in [0.3, 0.4) is 0 Å². The molecule has 11 heteroatoms. The predicted molar refractivity (Wildman–Crippen MR) is 114 cm³/mol. The number of aliphatic hydroxyl groups is 1. The lowest BCUT2D eigenvalue weighted by molar-refractivity contribution is -0.254. The first-order chi connectivity index (χ1) is 15.2. The molecular formula is C22H19ClF4N2O4. The summed E-state index contributed by atoms with van der Waals surface area (Å²) in [6.07, 6.45) is -6.51. The zero-order valence-corrected chi connectivity index (χ0v) is 18.4. The summed E-state index contributed by atoms with van der Waals surface area (Å²) in [6, 6.07) is 7.34. The van der Waals surface area contributed by atoms with Gasteiger partial charge in [-0.15, -0.1) is 0 Å². The number of benzene rings is 2. The fourth-order valence-electron chi connectivity index (χ4n) is 3.61. The molecule has 1 heterocycles. The third-order valence-corrected chi connectivity index (χ3v) is 5.76. The molecule has 176 valence electrons. The SMILES string of the molecule is Cc1noc(=O)c2ccc(NC(=O)C(O)(CC(C)(C)c3cccc(F)c3Cl)C(F)(F)F)cc12. The van der Waals surface area contributed by atoms with Crippen LogP contribution in [0, 0.1) is 12.7 Å². The number of nitrogens with zero attached hydrogens (tertiary/aromatic N) is 1. The minimum absolute atomic E-state index is 0.00114. The number of amides is 1. The number of carbonyl (C=O) groups is 1. The van der Waals surface area contributed by atoms with Gasteiger partial charge in [-0.2, -0.15) is 13.2 Å². The van der Waals surface area contributed by atoms with Crippen LogP contribution in [0.5, 0.6) is 0 Å². The van der Waals surface area contributed by atoms with E-state index in [2.05, 4.69) is 15.0 Å². The monoisotopic (exact) mass is 486 g/mol. The predicted octanol–water partition coefficient (Wildman–Crippen LogP) is 4.89. The molecule has 3 rings (SSSR count). The minimum Gasteiger partial charge on any atom is -0.373 e. The van der Waals surface area contributed by atoms with E-state index in [1.807, 2.05) is 0 Å². The van der Waals surface area contributed by atoms with Crippen molar-refractivity contribution in [3.63, 3.8) is 0 Å². The first kappa shape index (κ1) is 24.7. The van der Waals surface area contributed by atoms with Crippen LogP contribution in [0.25, 0.3) is 10.8 Å². The van der Waals surface area contributed by atoms with Crippen LogP contribution in [0.4, 0.5) is 23.2 Å². The molecule has 0 aliphatic heterocycles. The van der Waals surface area contributed by atoms with Crippen molar-refractivity contribution in [1.29, 1.82) is 0 Å². The highest BCUT2D eigenvalue weighted by Gasteiger charge is 2.61. The number of anilines is 1. The van der Waals surface area contributed by atoms with Gasteiger partial charge in [-0.3, -0.25) is 4.79 Å². The molecule has 0 bridgehead atoms. The Labute approximate surface area is 190 Å². The van der Waals surface area contributed by atoms with Gasteiger partial charge in [0.15, 0.2) is 0 Å². The Bertz CT molecular complexity index is 1290. The molecule has 0 aliphatic carbocycles. The number of nitrogens with one attached hydrogen (secondary N) is 1. The molecule has 0 spiro atoms. The Balaban J connectivity index is 1.99. The van der Waals surface area contributed by atoms with Gasteiger partial charge in [0, 0.05) is 17.5 Å². The van der Waals surface area contributed by atoms with Gasteiger partial charge >= 0.3 is 11.8 Å². The number of fused-ring (bicyclic) bond motifs is 1. The smallest absolute Gasteiger partial charge is 0.373 e. The molecule has 33 heavy (non-hydrogen) atoms. The van der Waals surface area contributed by atoms with Crippen molar-refractivity contribution in [3.8, 4) is 0 Å². The second-order valence-corrected chi connectivity index (χ2v) is 8.67. The van der Waals surface area contributed by atoms with E-state index in [-0.39, 0.29) is 27.7 Å². The van der Waals surface area contributed by atoms with E-state index in [1.54, 1.807) is 0 Å². The standard InChI is InChI=1S/C22H19ClF4N2O4/c1-11-14-9-12(7-8-13(14)18(30)33-29-11)28-19(31)21(32,22(25,26)27)10-20(2,3)15-5-4-6-16(24)17(15)23/h4-9,32H,10H2,1-3H3,(H,28,31). The van der Waals surface area contributed by atoms with Crippen molar-refractivity contribution in [2.24, 2.45) is 0 Å². The van der Waals surface area contributed by atoms with Crippen LogP contribution in [0.1, 0.15) is 31.5 Å². The van der Waals surface area contributed by atoms with Gasteiger partial charge in [-0.05, 0) is 42.2 Å². The normalized spacial score (nSPS) is 14.2. The van der Waals surface area contributed by atoms with Gasteiger partial charge < -0.3 is 14.9 Å². The zero-order chi connectivity index (χ0) is 24.8. The number of rotatable bonds is 5. The summed E-state index contributed by atoms with van der Waals surface area (Å²) in [5, 5.41) is 16.2. The number of alkyl halides is 3. The number of aryl methyl sites for hydroxylation is 1. The molecular weight excluding hydrogens is 468 g/mol. The molecule has 6 nitrogen and oxygen atoms in total. The molecule has 0 saturated carbocycles. The van der Waals surface area contributed by atoms with Crippen LogP contribution in [-0.4, -0.2) is 27.9 Å². The Morgan fingerprint density at radius 2 is 1.85 bits per heavy atom. The molecule has 0 fully saturated rings. The van der Waals surface area contributed by atoms with E-state index in [9.17, 15) is 32.3 Å². The van der Waals surface area contributed by atoms with Crippen molar-refractivity contribution in [1.82, 2.24) is 5.16 Å². The number of aromatic nitrogens is 1. The van der Waals surface area contributed by atoms with Gasteiger partial charge in [0.2, 0.25) is 5.60 Å². The lowest BCUT2D eigenvalue weighted by Gasteiger charge is -2.37. The molecule has 3 aromatic rings. The van der Waals surface area contributed by atoms with E-state index in [4.69, 9.17) is 11.6 Å². The lowest BCUT2D eigenvalue weighted by atomic mass is 9.74. The van der Waals surface area contributed by atoms with Gasteiger partial charge in [0.05, 0.1) is 16.1 Å². The molecule has 0 aliphatic rings. The van der Waals surface area contributed by atoms with Gasteiger partial charge in [0.1, 0.15) is 5.82 Å². The summed E-state index contributed by atoms with van der Waals surface area (Å²) in [6.45, 7) is 4.12. The Morgan fingerprint density at radius 3 is 2.48 bits per heavy atom. The van der Waals surface area contributed by atoms with E-state index in [0.29, 0.717) is 0 Å². The summed E-state index contributed by atoms with van der Waals surface area (Å²) in [7, 11) is 0. The maximum Gasteiger partial charge on any atom is 0.426 e. The average Bonchev–Trinajstić information content (AvgIpc) is 2.71. The molecule has 1 atom stereocenters. The minimum atomic E-state index is -5.37. The number of hydrogen-bond donors (Lipinski definition) is 2. The molecule has 1 aromatic heterocycles. The summed E-state index contributed by atoms with van der Waals surface area (Å²) >= 11 is 5.94. The van der Waals surface area contributed by atoms with Gasteiger partial charge in [-0.1, -0.05) is 42.7 Å². The van der Waals surface area contributed by atoms with Crippen molar-refractivity contribution >= 4 is 34.0 Å². The Morgan fingerprint density at radius 1 is 1.18 bits per heavy atom. The number of hydrogen-bond acceptors (Lipinski definition) is 5. The maximum atomic E-state index is 14.0. The number of halogens is 5. The second kappa shape index (κ2) is 8.42. The summed E-state index contributed by atoms with van der Waals surface area (Å²) in [5.74, 6) is -2.59. The Kier molecular flexibility index (Phi) is 6.29. The van der Waals surface area contributed by atoms with Crippen LogP contribution in [-0.2, 0) is 10.2 Å². The first-order valence-electron chi connectivity index (χ1n) is 9.63. The van der Waals surface area contributed by atoms with Crippen molar-refractivity contribution in [2.45, 2.75) is 44.4 Å². The van der Waals surface area contributed by atoms with Crippen LogP contribution < -0.4 is 10.9 Å². The highest BCUT2D eigenvalue weighted by Crippen LogP contribution is 2.43. The summed E-state index contributed by atoms with van der Waals surface area (Å²) in [5.41, 5.74) is -5.98. The third-order valence-electron chi connectivity index (χ3n) is 5.38. The first-order valence-corrected chi connectivity index (χ1v) is 10.0. The molecule has 0 saturated heterocycles. The van der Waals surface area contributed by atoms with Gasteiger partial charge in [-0.25, -0.2) is 9.18 Å². The lowest BCUT2D eigenvalue weighted by Crippen LogP contribution is -2.57. The van der Waals surface area contributed by atoms with Gasteiger partial charge in [0.25, 0.3) is 5.91 Å². The third kappa shape index (κ3) is 4.58. The van der Waals surface area contributed by atoms with Crippen molar-refractivity contribution < 1.29 is 32.0 Å². The molecule has 1 unspecified atom stereocenters. The highest BCUT2D eigenvalue weighted by atomic mass is 35.5. The van der Waals surface area contributed by atoms with E-state index in [1.165, 1.54) is 51.1 Å². The van der Waals surface area contributed by atoms with Crippen LogP contribution in [0.2, 0.25) is 5.02 Å². The van der Waals surface area contributed by atoms with E-state index >= 15 is 0 Å². The average molecular weight is 487 g/mol. The highest BCUT2D eigenvalue weighted by molar-refractivity contribution is 6.31. The fourth-order valence-corrected chi connectivity index (χ4v) is 3.99.